The zero-order chi connectivity index (χ0) is 25.1. The number of rotatable bonds is 6. The van der Waals surface area contributed by atoms with Gasteiger partial charge in [0.15, 0.2) is 6.61 Å². The Morgan fingerprint density at radius 1 is 1.14 bits per heavy atom. The molecule has 0 radical (unpaired) electrons. The third-order valence-electron chi connectivity index (χ3n) is 5.60. The van der Waals surface area contributed by atoms with E-state index in [4.69, 9.17) is 19.9 Å². The van der Waals surface area contributed by atoms with Gasteiger partial charge in [0.05, 0.1) is 10.8 Å². The molecule has 1 atom stereocenters. The van der Waals surface area contributed by atoms with E-state index in [2.05, 4.69) is 6.07 Å². The van der Waals surface area contributed by atoms with Crippen LogP contribution in [0.15, 0.2) is 72.1 Å². The SMILES string of the molecule is Cc1cccc(C)c1OCC(=O)Oc1ccc2c(c1)OC(N)=C(C#N)C2c1ccc([N+](=O)[O-])cc1. The smallest absolute Gasteiger partial charge is 0.349 e. The Balaban J connectivity index is 1.56. The van der Waals surface area contributed by atoms with Crippen LogP contribution in [0.3, 0.4) is 0 Å². The monoisotopic (exact) mass is 471 g/mol. The Morgan fingerprint density at radius 3 is 2.46 bits per heavy atom. The number of ether oxygens (including phenoxy) is 3. The number of allylic oxidation sites excluding steroid dienone is 1. The number of nitrogens with two attached hydrogens (primary N) is 1. The molecule has 1 heterocycles. The van der Waals surface area contributed by atoms with Gasteiger partial charge in [0.1, 0.15) is 28.9 Å². The molecular weight excluding hydrogens is 450 g/mol. The second-order valence-corrected chi connectivity index (χ2v) is 7.96. The van der Waals surface area contributed by atoms with Crippen molar-refractivity contribution in [2.24, 2.45) is 5.73 Å². The molecule has 0 aliphatic carbocycles. The van der Waals surface area contributed by atoms with Crippen molar-refractivity contribution in [3.05, 3.63) is 104 Å². The van der Waals surface area contributed by atoms with Crippen LogP contribution in [0.1, 0.15) is 28.2 Å². The molecule has 9 heteroatoms. The van der Waals surface area contributed by atoms with Crippen molar-refractivity contribution in [3.8, 4) is 23.3 Å². The molecule has 9 nitrogen and oxygen atoms in total. The van der Waals surface area contributed by atoms with Crippen LogP contribution in [0.4, 0.5) is 5.69 Å². The number of nitro benzene ring substituents is 1. The van der Waals surface area contributed by atoms with E-state index in [9.17, 15) is 20.2 Å². The number of fused-ring (bicyclic) bond motifs is 1. The minimum Gasteiger partial charge on any atom is -0.481 e. The summed E-state index contributed by atoms with van der Waals surface area (Å²) < 4.78 is 16.7. The van der Waals surface area contributed by atoms with Crippen LogP contribution in [0, 0.1) is 35.3 Å². The summed E-state index contributed by atoms with van der Waals surface area (Å²) in [6.45, 7) is 3.50. The van der Waals surface area contributed by atoms with Gasteiger partial charge in [-0.2, -0.15) is 5.26 Å². The van der Waals surface area contributed by atoms with Crippen LogP contribution in [-0.4, -0.2) is 17.5 Å². The molecule has 0 aromatic heterocycles. The Kier molecular flexibility index (Phi) is 6.38. The molecule has 0 saturated heterocycles. The van der Waals surface area contributed by atoms with Gasteiger partial charge in [-0.25, -0.2) is 4.79 Å². The summed E-state index contributed by atoms with van der Waals surface area (Å²) in [5, 5.41) is 20.7. The average Bonchev–Trinajstić information content (AvgIpc) is 2.83. The molecular formula is C26H21N3O6. The topological polar surface area (TPSA) is 138 Å². The van der Waals surface area contributed by atoms with E-state index in [0.717, 1.165) is 11.1 Å². The lowest BCUT2D eigenvalue weighted by atomic mass is 9.83. The first-order valence-corrected chi connectivity index (χ1v) is 10.6. The van der Waals surface area contributed by atoms with Gasteiger partial charge < -0.3 is 19.9 Å². The summed E-state index contributed by atoms with van der Waals surface area (Å²) in [7, 11) is 0. The van der Waals surface area contributed by atoms with Gasteiger partial charge in [-0.15, -0.1) is 0 Å². The molecule has 3 aromatic rings. The second-order valence-electron chi connectivity index (χ2n) is 7.96. The van der Waals surface area contributed by atoms with Gasteiger partial charge in [0.2, 0.25) is 5.88 Å². The molecule has 0 saturated carbocycles. The van der Waals surface area contributed by atoms with Gasteiger partial charge in [0, 0.05) is 23.8 Å². The van der Waals surface area contributed by atoms with Crippen LogP contribution in [0.2, 0.25) is 0 Å². The van der Waals surface area contributed by atoms with E-state index < -0.39 is 16.8 Å². The number of nitro groups is 1. The molecule has 4 rings (SSSR count). The number of carbonyl (C=O) groups is 1. The van der Waals surface area contributed by atoms with Gasteiger partial charge in [-0.3, -0.25) is 10.1 Å². The zero-order valence-electron chi connectivity index (χ0n) is 19.0. The van der Waals surface area contributed by atoms with E-state index in [-0.39, 0.29) is 29.5 Å². The molecule has 0 fully saturated rings. The zero-order valence-corrected chi connectivity index (χ0v) is 19.0. The van der Waals surface area contributed by atoms with E-state index in [1.54, 1.807) is 24.3 Å². The summed E-state index contributed by atoms with van der Waals surface area (Å²) in [6, 6.07) is 18.4. The fourth-order valence-corrected chi connectivity index (χ4v) is 3.95. The minimum absolute atomic E-state index is 0.0677. The van der Waals surface area contributed by atoms with E-state index in [1.807, 2.05) is 32.0 Å². The van der Waals surface area contributed by atoms with Crippen molar-refractivity contribution in [2.45, 2.75) is 19.8 Å². The summed E-state index contributed by atoms with van der Waals surface area (Å²) in [6.07, 6.45) is 0. The third kappa shape index (κ3) is 4.77. The first-order valence-electron chi connectivity index (χ1n) is 10.6. The van der Waals surface area contributed by atoms with Crippen LogP contribution >= 0.6 is 0 Å². The maximum atomic E-state index is 12.4. The van der Waals surface area contributed by atoms with Crippen molar-refractivity contribution in [1.29, 1.82) is 5.26 Å². The number of para-hydroxylation sites is 1. The van der Waals surface area contributed by atoms with Crippen LogP contribution in [0.25, 0.3) is 0 Å². The quantitative estimate of drug-likeness (QED) is 0.241. The fourth-order valence-electron chi connectivity index (χ4n) is 3.95. The lowest BCUT2D eigenvalue weighted by Crippen LogP contribution is -2.22. The maximum Gasteiger partial charge on any atom is 0.349 e. The third-order valence-corrected chi connectivity index (χ3v) is 5.60. The molecule has 0 bridgehead atoms. The Hall–Kier alpha value is -4.84. The van der Waals surface area contributed by atoms with Crippen molar-refractivity contribution in [1.82, 2.24) is 0 Å². The number of nitrogens with zero attached hydrogens (tertiary/aromatic N) is 2. The lowest BCUT2D eigenvalue weighted by Gasteiger charge is -2.26. The average molecular weight is 471 g/mol. The molecule has 35 heavy (non-hydrogen) atoms. The molecule has 0 amide bonds. The number of non-ortho nitro benzene ring substituents is 1. The van der Waals surface area contributed by atoms with Crippen molar-refractivity contribution in [3.63, 3.8) is 0 Å². The first-order chi connectivity index (χ1) is 16.8. The minimum atomic E-state index is -0.600. The summed E-state index contributed by atoms with van der Waals surface area (Å²) >= 11 is 0. The van der Waals surface area contributed by atoms with Gasteiger partial charge in [0.25, 0.3) is 5.69 Å². The molecule has 176 valence electrons. The number of carbonyl (C=O) groups excluding carboxylic acids is 1. The maximum absolute atomic E-state index is 12.4. The standard InChI is InChI=1S/C26H21N3O6/c1-15-4-3-5-16(2)25(15)33-14-23(30)34-19-10-11-20-22(12-19)35-26(28)21(13-27)24(20)17-6-8-18(9-7-17)29(31)32/h3-12,24H,14,28H2,1-2H3. The summed E-state index contributed by atoms with van der Waals surface area (Å²) in [5.41, 5.74) is 9.17. The van der Waals surface area contributed by atoms with E-state index in [0.29, 0.717) is 22.6 Å². The highest BCUT2D eigenvalue weighted by molar-refractivity contribution is 5.74. The van der Waals surface area contributed by atoms with Crippen molar-refractivity contribution in [2.75, 3.05) is 6.61 Å². The van der Waals surface area contributed by atoms with Gasteiger partial charge in [-0.1, -0.05) is 36.4 Å². The highest BCUT2D eigenvalue weighted by Gasteiger charge is 2.31. The van der Waals surface area contributed by atoms with Crippen LogP contribution in [0.5, 0.6) is 17.2 Å². The summed E-state index contributed by atoms with van der Waals surface area (Å²) in [4.78, 5) is 22.9. The van der Waals surface area contributed by atoms with Gasteiger partial charge >= 0.3 is 5.97 Å². The molecule has 0 spiro atoms. The molecule has 1 aliphatic rings. The number of aryl methyl sites for hydroxylation is 2. The summed E-state index contributed by atoms with van der Waals surface area (Å²) in [5.74, 6) is -0.130. The van der Waals surface area contributed by atoms with Gasteiger partial charge in [-0.05, 0) is 36.6 Å². The Morgan fingerprint density at radius 2 is 1.83 bits per heavy atom. The van der Waals surface area contributed by atoms with Crippen LogP contribution < -0.4 is 19.9 Å². The number of hydrogen-bond donors (Lipinski definition) is 1. The normalized spacial score (nSPS) is 14.4. The Labute approximate surface area is 201 Å². The largest absolute Gasteiger partial charge is 0.481 e. The highest BCUT2D eigenvalue weighted by atomic mass is 16.6. The predicted octanol–water partition coefficient (Wildman–Crippen LogP) is 4.41. The molecule has 1 aliphatic heterocycles. The van der Waals surface area contributed by atoms with Crippen molar-refractivity contribution < 1.29 is 23.9 Å². The molecule has 3 aromatic carbocycles. The van der Waals surface area contributed by atoms with Crippen LogP contribution in [-0.2, 0) is 4.79 Å². The fraction of sp³-hybridized carbons (Fsp3) is 0.154. The molecule has 2 N–H and O–H groups in total. The number of nitriles is 1. The first kappa shape index (κ1) is 23.3. The highest BCUT2D eigenvalue weighted by Crippen LogP contribution is 2.43. The van der Waals surface area contributed by atoms with Crippen molar-refractivity contribution >= 4 is 11.7 Å². The number of hydrogen-bond acceptors (Lipinski definition) is 8. The lowest BCUT2D eigenvalue weighted by molar-refractivity contribution is -0.384. The molecule has 1 unspecified atom stereocenters. The second kappa shape index (κ2) is 9.57. The van der Waals surface area contributed by atoms with E-state index in [1.165, 1.54) is 18.2 Å². The number of esters is 1. The predicted molar refractivity (Wildman–Crippen MR) is 126 cm³/mol. The Bertz CT molecular complexity index is 1370. The number of benzene rings is 3. The van der Waals surface area contributed by atoms with E-state index >= 15 is 0 Å².